The number of thioether (sulfide) groups is 1. The molecule has 18 heavy (non-hydrogen) atoms. The molecule has 0 atom stereocenters. The van der Waals surface area contributed by atoms with Gasteiger partial charge in [-0.2, -0.15) is 8.78 Å². The molecule has 0 aliphatic heterocycles. The summed E-state index contributed by atoms with van der Waals surface area (Å²) in [5.74, 6) is -2.94. The average molecular weight is 281 g/mol. The van der Waals surface area contributed by atoms with Gasteiger partial charge in [0.15, 0.2) is 5.76 Å². The maximum Gasteiger partial charge on any atom is 0.287 e. The fraction of sp³-hybridized carbons (Fsp3) is 0.500. The van der Waals surface area contributed by atoms with Crippen molar-refractivity contribution in [1.29, 1.82) is 0 Å². The van der Waals surface area contributed by atoms with E-state index in [-0.39, 0.29) is 17.3 Å². The first-order valence-electron chi connectivity index (χ1n) is 5.08. The first-order valence-corrected chi connectivity index (χ1v) is 6.12. The largest absolute Gasteiger partial charge is 0.455 e. The van der Waals surface area contributed by atoms with Crippen LogP contribution in [0.1, 0.15) is 16.3 Å². The molecular formula is C10H13F2NO4S. The summed E-state index contributed by atoms with van der Waals surface area (Å²) in [6, 6.07) is 2.00. The SMILES string of the molecule is O=C(NC(CO)CO)c1ccc(CSC(F)F)o1. The van der Waals surface area contributed by atoms with Gasteiger partial charge in [-0.15, -0.1) is 0 Å². The van der Waals surface area contributed by atoms with E-state index < -0.39 is 30.9 Å². The van der Waals surface area contributed by atoms with E-state index in [2.05, 4.69) is 5.32 Å². The Morgan fingerprint density at radius 3 is 2.61 bits per heavy atom. The van der Waals surface area contributed by atoms with Gasteiger partial charge in [-0.05, 0) is 12.1 Å². The normalized spacial score (nSPS) is 11.2. The fourth-order valence-corrected chi connectivity index (χ4v) is 1.57. The Balaban J connectivity index is 2.53. The van der Waals surface area contributed by atoms with Gasteiger partial charge < -0.3 is 19.9 Å². The van der Waals surface area contributed by atoms with Gasteiger partial charge in [0.2, 0.25) is 0 Å². The number of nitrogens with one attached hydrogen (secondary N) is 1. The second-order valence-corrected chi connectivity index (χ2v) is 4.35. The van der Waals surface area contributed by atoms with Gasteiger partial charge in [0.1, 0.15) is 5.76 Å². The van der Waals surface area contributed by atoms with Crippen LogP contribution in [-0.4, -0.2) is 41.1 Å². The molecule has 0 saturated carbocycles. The minimum atomic E-state index is -2.50. The van der Waals surface area contributed by atoms with Crippen molar-refractivity contribution in [2.45, 2.75) is 17.6 Å². The number of rotatable bonds is 7. The lowest BCUT2D eigenvalue weighted by Gasteiger charge is -2.11. The van der Waals surface area contributed by atoms with E-state index in [9.17, 15) is 13.6 Å². The van der Waals surface area contributed by atoms with Crippen LogP contribution in [0.5, 0.6) is 0 Å². The molecule has 0 aliphatic carbocycles. The van der Waals surface area contributed by atoms with Crippen LogP contribution < -0.4 is 5.32 Å². The van der Waals surface area contributed by atoms with Crippen molar-refractivity contribution in [3.05, 3.63) is 23.7 Å². The molecule has 1 aromatic heterocycles. The lowest BCUT2D eigenvalue weighted by atomic mass is 10.3. The molecule has 5 nitrogen and oxygen atoms in total. The third kappa shape index (κ3) is 4.63. The number of alkyl halides is 2. The third-order valence-corrected chi connectivity index (χ3v) is 2.72. The second kappa shape index (κ2) is 7.34. The highest BCUT2D eigenvalue weighted by molar-refractivity contribution is 7.98. The van der Waals surface area contributed by atoms with Crippen LogP contribution in [0.4, 0.5) is 8.78 Å². The summed E-state index contributed by atoms with van der Waals surface area (Å²) in [5, 5.41) is 19.9. The Kier molecular flexibility index (Phi) is 6.10. The number of hydrogen-bond acceptors (Lipinski definition) is 5. The van der Waals surface area contributed by atoms with Gasteiger partial charge in [0.05, 0.1) is 25.0 Å². The van der Waals surface area contributed by atoms with Gasteiger partial charge in [-0.25, -0.2) is 0 Å². The zero-order valence-electron chi connectivity index (χ0n) is 9.31. The molecule has 0 saturated heterocycles. The Bertz CT molecular complexity index is 382. The van der Waals surface area contributed by atoms with Crippen molar-refractivity contribution in [2.75, 3.05) is 13.2 Å². The number of carbonyl (C=O) groups excluding carboxylic acids is 1. The number of aliphatic hydroxyl groups is 2. The monoisotopic (exact) mass is 281 g/mol. The third-order valence-electron chi connectivity index (χ3n) is 2.01. The van der Waals surface area contributed by atoms with E-state index >= 15 is 0 Å². The lowest BCUT2D eigenvalue weighted by Crippen LogP contribution is -2.39. The van der Waals surface area contributed by atoms with Crippen LogP contribution in [0.2, 0.25) is 0 Å². The summed E-state index contributed by atoms with van der Waals surface area (Å²) in [4.78, 5) is 11.5. The van der Waals surface area contributed by atoms with Crippen molar-refractivity contribution in [3.63, 3.8) is 0 Å². The predicted molar refractivity (Wildman–Crippen MR) is 61.4 cm³/mol. The molecule has 8 heteroatoms. The van der Waals surface area contributed by atoms with Crippen molar-refractivity contribution < 1.29 is 28.2 Å². The maximum absolute atomic E-state index is 11.9. The van der Waals surface area contributed by atoms with Gasteiger partial charge in [0.25, 0.3) is 11.7 Å². The first-order chi connectivity index (χ1) is 8.56. The zero-order valence-corrected chi connectivity index (χ0v) is 10.1. The summed E-state index contributed by atoms with van der Waals surface area (Å²) in [6.07, 6.45) is 0. The Morgan fingerprint density at radius 2 is 2.06 bits per heavy atom. The molecule has 102 valence electrons. The summed E-state index contributed by atoms with van der Waals surface area (Å²) < 4.78 is 28.9. The second-order valence-electron chi connectivity index (χ2n) is 3.37. The zero-order chi connectivity index (χ0) is 13.5. The summed E-state index contributed by atoms with van der Waals surface area (Å²) in [6.45, 7) is -0.811. The minimum absolute atomic E-state index is 0.0334. The summed E-state index contributed by atoms with van der Waals surface area (Å²) in [5.41, 5.74) is 0. The Morgan fingerprint density at radius 1 is 1.39 bits per heavy atom. The maximum atomic E-state index is 11.9. The Labute approximate surface area is 106 Å². The smallest absolute Gasteiger partial charge is 0.287 e. The molecule has 0 radical (unpaired) electrons. The molecule has 1 amide bonds. The number of halogens is 2. The van der Waals surface area contributed by atoms with Gasteiger partial charge >= 0.3 is 0 Å². The number of amides is 1. The van der Waals surface area contributed by atoms with Crippen LogP contribution in [-0.2, 0) is 5.75 Å². The highest BCUT2D eigenvalue weighted by Crippen LogP contribution is 2.21. The van der Waals surface area contributed by atoms with Crippen molar-refractivity contribution in [1.82, 2.24) is 5.32 Å². The van der Waals surface area contributed by atoms with Gasteiger partial charge in [-0.1, -0.05) is 11.8 Å². The first kappa shape index (κ1) is 14.9. The molecule has 0 spiro atoms. The Hall–Kier alpha value is -1.12. The van der Waals surface area contributed by atoms with E-state index in [0.29, 0.717) is 11.8 Å². The molecule has 0 fully saturated rings. The summed E-state index contributed by atoms with van der Waals surface area (Å²) in [7, 11) is 0. The van der Waals surface area contributed by atoms with Crippen molar-refractivity contribution in [3.8, 4) is 0 Å². The molecule has 1 heterocycles. The molecule has 0 aliphatic rings. The quantitative estimate of drug-likeness (QED) is 0.689. The van der Waals surface area contributed by atoms with Crippen LogP contribution in [0.3, 0.4) is 0 Å². The molecular weight excluding hydrogens is 268 g/mol. The number of carbonyl (C=O) groups is 1. The van der Waals surface area contributed by atoms with E-state index in [1.54, 1.807) is 0 Å². The highest BCUT2D eigenvalue weighted by Gasteiger charge is 2.16. The number of furan rings is 1. The van der Waals surface area contributed by atoms with Crippen molar-refractivity contribution in [2.24, 2.45) is 0 Å². The highest BCUT2D eigenvalue weighted by atomic mass is 32.2. The molecule has 0 bridgehead atoms. The van der Waals surface area contributed by atoms with Crippen LogP contribution in [0.25, 0.3) is 0 Å². The number of hydrogen-bond donors (Lipinski definition) is 3. The van der Waals surface area contributed by atoms with Crippen LogP contribution in [0, 0.1) is 0 Å². The van der Waals surface area contributed by atoms with Gasteiger partial charge in [0, 0.05) is 0 Å². The lowest BCUT2D eigenvalue weighted by molar-refractivity contribution is 0.0850. The van der Waals surface area contributed by atoms with E-state index in [1.807, 2.05) is 0 Å². The molecule has 1 aromatic rings. The van der Waals surface area contributed by atoms with Gasteiger partial charge in [-0.3, -0.25) is 4.79 Å². The molecule has 0 aromatic carbocycles. The molecule has 1 rings (SSSR count). The molecule has 3 N–H and O–H groups in total. The van der Waals surface area contributed by atoms with Crippen molar-refractivity contribution >= 4 is 17.7 Å². The minimum Gasteiger partial charge on any atom is -0.455 e. The molecule has 0 unspecified atom stereocenters. The average Bonchev–Trinajstić information content (AvgIpc) is 2.82. The topological polar surface area (TPSA) is 82.7 Å². The van der Waals surface area contributed by atoms with E-state index in [0.717, 1.165) is 0 Å². The van der Waals surface area contributed by atoms with E-state index in [1.165, 1.54) is 12.1 Å². The number of aliphatic hydroxyl groups excluding tert-OH is 2. The standard InChI is InChI=1S/C10H13F2NO4S/c11-10(12)18-5-7-1-2-8(17-7)9(16)13-6(3-14)4-15/h1-2,6,10,14-15H,3-5H2,(H,13,16). The summed E-state index contributed by atoms with van der Waals surface area (Å²) >= 11 is 0.394. The van der Waals surface area contributed by atoms with Crippen LogP contribution in [0.15, 0.2) is 16.5 Å². The van der Waals surface area contributed by atoms with E-state index in [4.69, 9.17) is 14.6 Å². The van der Waals surface area contributed by atoms with Crippen LogP contribution >= 0.6 is 11.8 Å². The fourth-order valence-electron chi connectivity index (χ4n) is 1.13. The predicted octanol–water partition coefficient (Wildman–Crippen LogP) is 0.818.